The highest BCUT2D eigenvalue weighted by molar-refractivity contribution is 4.66. The molecule has 0 fully saturated rings. The van der Waals surface area contributed by atoms with Crippen LogP contribution in [0.3, 0.4) is 0 Å². The fraction of sp³-hybridized carbons (Fsp3) is 1.00. The first-order valence-electron chi connectivity index (χ1n) is 6.09. The Balaban J connectivity index is 3.40. The molecule has 0 aliphatic heterocycles. The molecular formula is C12H28N2. The van der Waals surface area contributed by atoms with Crippen LogP contribution in [0.2, 0.25) is 0 Å². The predicted octanol–water partition coefficient (Wildman–Crippen LogP) is 2.86. The van der Waals surface area contributed by atoms with Gasteiger partial charge in [0.05, 0.1) is 6.17 Å². The average molecular weight is 200 g/mol. The standard InChI is InChI=1S/C12H28N2/c1-4-5-6-7-8-10(2)9-11(3)12(13)14/h10-12H,4-9,13-14H2,1-3H3. The van der Waals surface area contributed by atoms with Crippen molar-refractivity contribution in [3.8, 4) is 0 Å². The van der Waals surface area contributed by atoms with Gasteiger partial charge in [0.15, 0.2) is 0 Å². The molecule has 0 rings (SSSR count). The average Bonchev–Trinajstić information content (AvgIpc) is 2.12. The maximum absolute atomic E-state index is 5.64. The third kappa shape index (κ3) is 7.34. The van der Waals surface area contributed by atoms with Gasteiger partial charge in [-0.1, -0.05) is 52.9 Å². The van der Waals surface area contributed by atoms with Crippen molar-refractivity contribution in [2.75, 3.05) is 0 Å². The van der Waals surface area contributed by atoms with E-state index in [1.54, 1.807) is 0 Å². The molecule has 0 saturated heterocycles. The Hall–Kier alpha value is -0.0800. The van der Waals surface area contributed by atoms with Crippen molar-refractivity contribution in [3.63, 3.8) is 0 Å². The first kappa shape index (κ1) is 13.9. The largest absolute Gasteiger partial charge is 0.316 e. The highest BCUT2D eigenvalue weighted by Crippen LogP contribution is 2.18. The van der Waals surface area contributed by atoms with Gasteiger partial charge in [0.2, 0.25) is 0 Å². The number of hydrogen-bond donors (Lipinski definition) is 2. The van der Waals surface area contributed by atoms with Crippen LogP contribution in [0.15, 0.2) is 0 Å². The van der Waals surface area contributed by atoms with Crippen molar-refractivity contribution in [1.82, 2.24) is 0 Å². The van der Waals surface area contributed by atoms with Gasteiger partial charge in [-0.05, 0) is 18.3 Å². The van der Waals surface area contributed by atoms with Crippen molar-refractivity contribution in [2.45, 2.75) is 65.5 Å². The highest BCUT2D eigenvalue weighted by Gasteiger charge is 2.12. The molecule has 0 heterocycles. The molecule has 2 heteroatoms. The number of rotatable bonds is 8. The van der Waals surface area contributed by atoms with Crippen LogP contribution in [0.1, 0.15) is 59.3 Å². The summed E-state index contributed by atoms with van der Waals surface area (Å²) in [5.74, 6) is 1.23. The Morgan fingerprint density at radius 2 is 1.64 bits per heavy atom. The summed E-state index contributed by atoms with van der Waals surface area (Å²) in [6, 6.07) is 0. The van der Waals surface area contributed by atoms with Gasteiger partial charge in [-0.15, -0.1) is 0 Å². The van der Waals surface area contributed by atoms with Crippen LogP contribution in [-0.4, -0.2) is 6.17 Å². The van der Waals surface area contributed by atoms with Crippen LogP contribution in [0.25, 0.3) is 0 Å². The molecule has 0 radical (unpaired) electrons. The van der Waals surface area contributed by atoms with Gasteiger partial charge in [0, 0.05) is 0 Å². The molecule has 14 heavy (non-hydrogen) atoms. The van der Waals surface area contributed by atoms with Crippen LogP contribution in [-0.2, 0) is 0 Å². The summed E-state index contributed by atoms with van der Waals surface area (Å²) in [7, 11) is 0. The molecule has 4 N–H and O–H groups in total. The molecular weight excluding hydrogens is 172 g/mol. The molecule has 0 bridgehead atoms. The van der Waals surface area contributed by atoms with E-state index in [2.05, 4.69) is 20.8 Å². The fourth-order valence-corrected chi connectivity index (χ4v) is 1.83. The molecule has 0 aliphatic rings. The van der Waals surface area contributed by atoms with E-state index in [4.69, 9.17) is 11.5 Å². The van der Waals surface area contributed by atoms with E-state index in [0.29, 0.717) is 5.92 Å². The van der Waals surface area contributed by atoms with Gasteiger partial charge in [0.1, 0.15) is 0 Å². The normalized spacial score (nSPS) is 15.9. The summed E-state index contributed by atoms with van der Waals surface area (Å²) in [6.45, 7) is 6.71. The Morgan fingerprint density at radius 1 is 1.00 bits per heavy atom. The minimum absolute atomic E-state index is 0.145. The van der Waals surface area contributed by atoms with E-state index in [1.165, 1.54) is 38.5 Å². The van der Waals surface area contributed by atoms with Crippen molar-refractivity contribution in [3.05, 3.63) is 0 Å². The van der Waals surface area contributed by atoms with Gasteiger partial charge in [0.25, 0.3) is 0 Å². The van der Waals surface area contributed by atoms with Crippen molar-refractivity contribution in [1.29, 1.82) is 0 Å². The summed E-state index contributed by atoms with van der Waals surface area (Å²) < 4.78 is 0. The lowest BCUT2D eigenvalue weighted by atomic mass is 9.91. The molecule has 0 aromatic heterocycles. The minimum atomic E-state index is -0.145. The lowest BCUT2D eigenvalue weighted by Gasteiger charge is -2.19. The first-order valence-corrected chi connectivity index (χ1v) is 6.09. The smallest absolute Gasteiger partial charge is 0.0547 e. The summed E-state index contributed by atoms with van der Waals surface area (Å²) in [5.41, 5.74) is 11.3. The second-order valence-electron chi connectivity index (χ2n) is 4.74. The Labute approximate surface area is 89.4 Å². The fourth-order valence-electron chi connectivity index (χ4n) is 1.83. The second-order valence-corrected chi connectivity index (χ2v) is 4.74. The predicted molar refractivity (Wildman–Crippen MR) is 63.9 cm³/mol. The first-order chi connectivity index (χ1) is 6.57. The maximum Gasteiger partial charge on any atom is 0.0547 e. The lowest BCUT2D eigenvalue weighted by molar-refractivity contribution is 0.342. The summed E-state index contributed by atoms with van der Waals surface area (Å²) >= 11 is 0. The zero-order chi connectivity index (χ0) is 11.0. The molecule has 0 spiro atoms. The van der Waals surface area contributed by atoms with Crippen LogP contribution >= 0.6 is 0 Å². The van der Waals surface area contributed by atoms with Crippen molar-refractivity contribution >= 4 is 0 Å². The maximum atomic E-state index is 5.64. The van der Waals surface area contributed by atoms with Gasteiger partial charge >= 0.3 is 0 Å². The molecule has 0 saturated carbocycles. The third-order valence-corrected chi connectivity index (χ3v) is 2.98. The van der Waals surface area contributed by atoms with Crippen molar-refractivity contribution < 1.29 is 0 Å². The topological polar surface area (TPSA) is 52.0 Å². The molecule has 0 aromatic carbocycles. The molecule has 86 valence electrons. The number of unbranched alkanes of at least 4 members (excludes halogenated alkanes) is 3. The molecule has 0 amide bonds. The zero-order valence-corrected chi connectivity index (χ0v) is 10.1. The minimum Gasteiger partial charge on any atom is -0.316 e. The van der Waals surface area contributed by atoms with Gasteiger partial charge in [-0.3, -0.25) is 0 Å². The zero-order valence-electron chi connectivity index (χ0n) is 10.1. The second kappa shape index (κ2) is 8.25. The third-order valence-electron chi connectivity index (χ3n) is 2.98. The highest BCUT2D eigenvalue weighted by atomic mass is 14.9. The molecule has 2 unspecified atom stereocenters. The van der Waals surface area contributed by atoms with Crippen LogP contribution in [0, 0.1) is 11.8 Å². The Bertz CT molecular complexity index is 123. The Kier molecular flexibility index (Phi) is 8.20. The summed E-state index contributed by atoms with van der Waals surface area (Å²) in [5, 5.41) is 0. The van der Waals surface area contributed by atoms with E-state index in [1.807, 2.05) is 0 Å². The quantitative estimate of drug-likeness (QED) is 0.467. The molecule has 2 nitrogen and oxygen atoms in total. The number of hydrogen-bond acceptors (Lipinski definition) is 2. The Morgan fingerprint density at radius 3 is 2.14 bits per heavy atom. The summed E-state index contributed by atoms with van der Waals surface area (Å²) in [6.07, 6.45) is 7.79. The monoisotopic (exact) mass is 200 g/mol. The van der Waals surface area contributed by atoms with Crippen LogP contribution in [0.5, 0.6) is 0 Å². The van der Waals surface area contributed by atoms with Crippen LogP contribution < -0.4 is 11.5 Å². The summed E-state index contributed by atoms with van der Waals surface area (Å²) in [4.78, 5) is 0. The van der Waals surface area contributed by atoms with Gasteiger partial charge in [-0.25, -0.2) is 0 Å². The van der Waals surface area contributed by atoms with E-state index in [0.717, 1.165) is 5.92 Å². The van der Waals surface area contributed by atoms with E-state index in [-0.39, 0.29) is 6.17 Å². The molecule has 2 atom stereocenters. The molecule has 0 aromatic rings. The number of nitrogens with two attached hydrogens (primary N) is 2. The van der Waals surface area contributed by atoms with Crippen LogP contribution in [0.4, 0.5) is 0 Å². The lowest BCUT2D eigenvalue weighted by Crippen LogP contribution is -2.37. The SMILES string of the molecule is CCCCCCC(C)CC(C)C(N)N. The van der Waals surface area contributed by atoms with E-state index in [9.17, 15) is 0 Å². The van der Waals surface area contributed by atoms with Gasteiger partial charge < -0.3 is 11.5 Å². The van der Waals surface area contributed by atoms with Crippen molar-refractivity contribution in [2.24, 2.45) is 23.3 Å². The van der Waals surface area contributed by atoms with Gasteiger partial charge in [-0.2, -0.15) is 0 Å². The molecule has 0 aliphatic carbocycles. The van der Waals surface area contributed by atoms with E-state index < -0.39 is 0 Å². The van der Waals surface area contributed by atoms with E-state index >= 15 is 0 Å².